The molecule has 23 heavy (non-hydrogen) atoms. The number of hydrogen-bond donors (Lipinski definition) is 1. The van der Waals surface area contributed by atoms with E-state index in [9.17, 15) is 12.8 Å². The van der Waals surface area contributed by atoms with Crippen LogP contribution in [0.5, 0.6) is 5.75 Å². The van der Waals surface area contributed by atoms with Crippen LogP contribution < -0.4 is 9.88 Å². The molecule has 0 bridgehead atoms. The van der Waals surface area contributed by atoms with Gasteiger partial charge in [0, 0.05) is 6.07 Å². The van der Waals surface area contributed by atoms with Crippen LogP contribution in [0, 0.1) is 17.1 Å². The number of nitriles is 1. The zero-order valence-corrected chi connectivity index (χ0v) is 13.3. The molecule has 0 aliphatic heterocycles. The van der Waals surface area contributed by atoms with E-state index in [1.54, 1.807) is 6.07 Å². The molecule has 0 radical (unpaired) electrons. The van der Waals surface area contributed by atoms with E-state index in [2.05, 4.69) is 10.2 Å². The summed E-state index contributed by atoms with van der Waals surface area (Å²) in [7, 11) is -2.98. The maximum Gasteiger partial charge on any atom is 0.222 e. The lowest BCUT2D eigenvalue weighted by Crippen LogP contribution is -2.24. The Balaban J connectivity index is 2.75. The van der Waals surface area contributed by atoms with E-state index in [0.29, 0.717) is 0 Å². The monoisotopic (exact) mass is 356 g/mol. The summed E-state index contributed by atoms with van der Waals surface area (Å²) in [5.41, 5.74) is -0.289. The van der Waals surface area contributed by atoms with Crippen LogP contribution in [-0.2, 0) is 10.0 Å². The summed E-state index contributed by atoms with van der Waals surface area (Å²) in [6.45, 7) is 0. The van der Waals surface area contributed by atoms with E-state index in [1.165, 1.54) is 19.2 Å². The Labute approximate surface area is 136 Å². The van der Waals surface area contributed by atoms with Gasteiger partial charge < -0.3 is 4.74 Å². The van der Waals surface area contributed by atoms with Gasteiger partial charge in [0.05, 0.1) is 18.7 Å². The molecule has 0 spiro atoms. The maximum atomic E-state index is 13.7. The summed E-state index contributed by atoms with van der Waals surface area (Å²) in [6.07, 6.45) is 0. The normalized spacial score (nSPS) is 12.5. The number of primary sulfonamides is 1. The third kappa shape index (κ3) is 3.73. The fourth-order valence-electron chi connectivity index (χ4n) is 2.04. The minimum atomic E-state index is -4.26. The molecule has 10 heteroatoms. The van der Waals surface area contributed by atoms with Gasteiger partial charge in [-0.25, -0.2) is 17.9 Å². The second-order valence-corrected chi connectivity index (χ2v) is 6.51. The molecule has 2 rings (SSSR count). The average molecular weight is 357 g/mol. The van der Waals surface area contributed by atoms with Crippen LogP contribution in [0.2, 0.25) is 5.15 Å². The zero-order valence-electron chi connectivity index (χ0n) is 11.7. The van der Waals surface area contributed by atoms with Gasteiger partial charge in [-0.05, 0) is 23.8 Å². The lowest BCUT2D eigenvalue weighted by molar-refractivity contribution is 0.405. The number of halogens is 2. The van der Waals surface area contributed by atoms with E-state index in [1.807, 2.05) is 0 Å². The topological polar surface area (TPSA) is 119 Å². The number of ether oxygens (including phenoxy) is 1. The number of rotatable bonds is 4. The molecule has 1 unspecified atom stereocenters. The van der Waals surface area contributed by atoms with Gasteiger partial charge in [-0.1, -0.05) is 11.6 Å². The zero-order chi connectivity index (χ0) is 17.2. The van der Waals surface area contributed by atoms with E-state index in [-0.39, 0.29) is 27.7 Å². The van der Waals surface area contributed by atoms with Crippen molar-refractivity contribution < 1.29 is 17.5 Å². The largest absolute Gasteiger partial charge is 0.495 e. The highest BCUT2D eigenvalue weighted by Gasteiger charge is 2.32. The van der Waals surface area contributed by atoms with Crippen molar-refractivity contribution >= 4 is 21.6 Å². The van der Waals surface area contributed by atoms with Crippen molar-refractivity contribution in [1.29, 1.82) is 5.26 Å². The van der Waals surface area contributed by atoms with Gasteiger partial charge >= 0.3 is 0 Å². The third-order valence-corrected chi connectivity index (χ3v) is 4.24. The van der Waals surface area contributed by atoms with Gasteiger partial charge in [-0.15, -0.1) is 10.2 Å². The first-order chi connectivity index (χ1) is 10.8. The van der Waals surface area contributed by atoms with Gasteiger partial charge in [0.1, 0.15) is 22.5 Å². The fourth-order valence-corrected chi connectivity index (χ4v) is 3.17. The van der Waals surface area contributed by atoms with Gasteiger partial charge in [-0.2, -0.15) is 5.26 Å². The first kappa shape index (κ1) is 17.1. The second-order valence-electron chi connectivity index (χ2n) is 4.47. The minimum Gasteiger partial charge on any atom is -0.495 e. The highest BCUT2D eigenvalue weighted by atomic mass is 35.5. The van der Waals surface area contributed by atoms with Crippen LogP contribution in [0.15, 0.2) is 24.3 Å². The summed E-state index contributed by atoms with van der Waals surface area (Å²) in [6, 6.07) is 6.12. The molecule has 0 aliphatic rings. The van der Waals surface area contributed by atoms with Crippen LogP contribution in [0.25, 0.3) is 0 Å². The van der Waals surface area contributed by atoms with Crippen LogP contribution in [0.4, 0.5) is 4.39 Å². The number of aromatic nitrogens is 2. The SMILES string of the molecule is COc1cc(Cl)nnc1C(c1cc(F)cc(C#N)c1)S(N)(=O)=O. The van der Waals surface area contributed by atoms with Crippen molar-refractivity contribution in [2.75, 3.05) is 7.11 Å². The summed E-state index contributed by atoms with van der Waals surface area (Å²) in [5.74, 6) is -0.764. The van der Waals surface area contributed by atoms with E-state index < -0.39 is 21.1 Å². The number of nitrogens with zero attached hydrogens (tertiary/aromatic N) is 3. The molecular formula is C13H10ClFN4O3S. The predicted octanol–water partition coefficient (Wildman–Crippen LogP) is 1.53. The van der Waals surface area contributed by atoms with Crippen molar-refractivity contribution in [1.82, 2.24) is 10.2 Å². The number of benzene rings is 1. The molecule has 1 aromatic carbocycles. The average Bonchev–Trinajstić information content (AvgIpc) is 2.47. The van der Waals surface area contributed by atoms with Gasteiger partial charge in [-0.3, -0.25) is 0 Å². The molecule has 1 atom stereocenters. The lowest BCUT2D eigenvalue weighted by atomic mass is 10.1. The molecule has 0 saturated carbocycles. The molecule has 0 fully saturated rings. The smallest absolute Gasteiger partial charge is 0.222 e. The standard InChI is InChI=1S/C13H10ClFN4O3S/c1-22-10-5-11(14)18-19-12(10)13(23(17,20)21)8-2-7(6-16)3-9(15)4-8/h2-5,13H,1H3,(H2,17,20,21). The highest BCUT2D eigenvalue weighted by Crippen LogP contribution is 2.34. The Kier molecular flexibility index (Phi) is 4.79. The van der Waals surface area contributed by atoms with E-state index >= 15 is 0 Å². The van der Waals surface area contributed by atoms with E-state index in [4.69, 9.17) is 26.7 Å². The molecule has 1 heterocycles. The summed E-state index contributed by atoms with van der Waals surface area (Å²) in [4.78, 5) is 0. The Bertz CT molecular complexity index is 899. The van der Waals surface area contributed by atoms with Gasteiger partial charge in [0.25, 0.3) is 0 Å². The quantitative estimate of drug-likeness (QED) is 0.887. The van der Waals surface area contributed by atoms with Crippen LogP contribution in [0.3, 0.4) is 0 Å². The molecule has 1 aromatic heterocycles. The second kappa shape index (κ2) is 6.45. The van der Waals surface area contributed by atoms with Crippen molar-refractivity contribution in [3.05, 3.63) is 52.1 Å². The predicted molar refractivity (Wildman–Crippen MR) is 79.7 cm³/mol. The fraction of sp³-hybridized carbons (Fsp3) is 0.154. The summed E-state index contributed by atoms with van der Waals surface area (Å²) >= 11 is 5.70. The summed E-state index contributed by atoms with van der Waals surface area (Å²) < 4.78 is 42.7. The van der Waals surface area contributed by atoms with E-state index in [0.717, 1.165) is 12.1 Å². The Hall–Kier alpha value is -2.28. The number of methoxy groups -OCH3 is 1. The molecule has 2 N–H and O–H groups in total. The minimum absolute atomic E-state index is 0.0178. The van der Waals surface area contributed by atoms with Crippen molar-refractivity contribution in [3.8, 4) is 11.8 Å². The van der Waals surface area contributed by atoms with Crippen molar-refractivity contribution in [3.63, 3.8) is 0 Å². The number of hydrogen-bond acceptors (Lipinski definition) is 6. The number of sulfonamides is 1. The van der Waals surface area contributed by atoms with Crippen LogP contribution in [0.1, 0.15) is 22.1 Å². The molecule has 0 amide bonds. The lowest BCUT2D eigenvalue weighted by Gasteiger charge is -2.17. The third-order valence-electron chi connectivity index (χ3n) is 2.90. The van der Waals surface area contributed by atoms with Crippen molar-refractivity contribution in [2.24, 2.45) is 5.14 Å². The molecule has 120 valence electrons. The van der Waals surface area contributed by atoms with Gasteiger partial charge in [0.15, 0.2) is 5.15 Å². The van der Waals surface area contributed by atoms with Crippen molar-refractivity contribution in [2.45, 2.75) is 5.25 Å². The first-order valence-corrected chi connectivity index (χ1v) is 8.04. The van der Waals surface area contributed by atoms with Crippen LogP contribution >= 0.6 is 11.6 Å². The van der Waals surface area contributed by atoms with Crippen LogP contribution in [-0.4, -0.2) is 25.7 Å². The first-order valence-electron chi connectivity index (χ1n) is 6.05. The molecule has 0 aliphatic carbocycles. The molecule has 7 nitrogen and oxygen atoms in total. The molecule has 2 aromatic rings. The highest BCUT2D eigenvalue weighted by molar-refractivity contribution is 7.89. The summed E-state index contributed by atoms with van der Waals surface area (Å²) in [5, 5.41) is 19.9. The van der Waals surface area contributed by atoms with Gasteiger partial charge in [0.2, 0.25) is 10.0 Å². The molecular weight excluding hydrogens is 347 g/mol. The maximum absolute atomic E-state index is 13.7. The Morgan fingerprint density at radius 2 is 2.04 bits per heavy atom. The Morgan fingerprint density at radius 1 is 1.35 bits per heavy atom. The molecule has 0 saturated heterocycles. The Morgan fingerprint density at radius 3 is 2.61 bits per heavy atom. The number of nitrogens with two attached hydrogens (primary N) is 1.